The van der Waals surface area contributed by atoms with Crippen molar-refractivity contribution >= 4 is 5.69 Å². The zero-order valence-corrected chi connectivity index (χ0v) is 7.63. The van der Waals surface area contributed by atoms with Gasteiger partial charge in [-0.2, -0.15) is 0 Å². The first kappa shape index (κ1) is 8.19. The van der Waals surface area contributed by atoms with Crippen molar-refractivity contribution in [1.82, 2.24) is 5.32 Å². The minimum absolute atomic E-state index is 0.669. The molecule has 0 radical (unpaired) electrons. The highest BCUT2D eigenvalue weighted by molar-refractivity contribution is 5.53. The molecule has 0 bridgehead atoms. The molecule has 13 heavy (non-hydrogen) atoms. The largest absolute Gasteiger partial charge is 0.436 e. The maximum absolute atomic E-state index is 5.60. The number of rotatable bonds is 1. The molecule has 0 aliphatic carbocycles. The molecule has 70 valence electrons. The Labute approximate surface area is 76.6 Å². The molecule has 3 N–H and O–H groups in total. The van der Waals surface area contributed by atoms with Crippen molar-refractivity contribution in [2.45, 2.75) is 12.8 Å². The second-order valence-electron chi connectivity index (χ2n) is 3.11. The van der Waals surface area contributed by atoms with Gasteiger partial charge in [-0.25, -0.2) is 5.32 Å². The lowest BCUT2D eigenvalue weighted by atomic mass is 10.3. The van der Waals surface area contributed by atoms with Crippen molar-refractivity contribution in [3.63, 3.8) is 0 Å². The van der Waals surface area contributed by atoms with Crippen LogP contribution >= 0.6 is 0 Å². The number of benzene rings is 1. The van der Waals surface area contributed by atoms with E-state index in [1.54, 1.807) is 25.2 Å². The topological polar surface area (TPSA) is 56.5 Å². The van der Waals surface area contributed by atoms with Crippen molar-refractivity contribution in [2.75, 3.05) is 12.8 Å². The molecule has 4 heteroatoms. The maximum atomic E-state index is 5.60. The fourth-order valence-electron chi connectivity index (χ4n) is 1.23. The maximum Gasteiger partial charge on any atom is 0.310 e. The van der Waals surface area contributed by atoms with Crippen molar-refractivity contribution in [2.24, 2.45) is 0 Å². The molecule has 2 rings (SSSR count). The highest BCUT2D eigenvalue weighted by atomic mass is 16.8. The van der Waals surface area contributed by atoms with Crippen LogP contribution in [0.5, 0.6) is 11.5 Å². The molecule has 0 saturated carbocycles. The van der Waals surface area contributed by atoms with Crippen LogP contribution in [-0.2, 0) is 0 Å². The molecule has 0 spiro atoms. The number of nitrogens with one attached hydrogen (secondary N) is 1. The van der Waals surface area contributed by atoms with E-state index in [1.807, 2.05) is 6.92 Å². The van der Waals surface area contributed by atoms with Gasteiger partial charge in [-0.3, -0.25) is 0 Å². The van der Waals surface area contributed by atoms with Gasteiger partial charge in [0.1, 0.15) is 0 Å². The average Bonchev–Trinajstić information content (AvgIpc) is 2.42. The molecule has 1 aromatic carbocycles. The molecule has 1 heterocycles. The first-order valence-corrected chi connectivity index (χ1v) is 4.09. The first-order chi connectivity index (χ1) is 6.13. The van der Waals surface area contributed by atoms with E-state index in [9.17, 15) is 0 Å². The minimum Gasteiger partial charge on any atom is -0.436 e. The molecule has 1 aliphatic rings. The zero-order valence-electron chi connectivity index (χ0n) is 7.63. The lowest BCUT2D eigenvalue weighted by molar-refractivity contribution is -0.0850. The Morgan fingerprint density at radius 3 is 2.69 bits per heavy atom. The number of nitrogens with two attached hydrogens (primary N) is 1. The molecule has 0 saturated heterocycles. The van der Waals surface area contributed by atoms with E-state index >= 15 is 0 Å². The van der Waals surface area contributed by atoms with Gasteiger partial charge >= 0.3 is 5.91 Å². The Kier molecular flexibility index (Phi) is 1.60. The van der Waals surface area contributed by atoms with Gasteiger partial charge in [0.25, 0.3) is 0 Å². The number of hydrogen-bond acceptors (Lipinski definition) is 4. The van der Waals surface area contributed by atoms with E-state index in [-0.39, 0.29) is 0 Å². The summed E-state index contributed by atoms with van der Waals surface area (Å²) in [6.07, 6.45) is 0. The summed E-state index contributed by atoms with van der Waals surface area (Å²) in [5, 5.41) is 2.92. The Bertz CT molecular complexity index is 340. The van der Waals surface area contributed by atoms with E-state index in [1.165, 1.54) is 0 Å². The van der Waals surface area contributed by atoms with Crippen LogP contribution in [-0.4, -0.2) is 13.0 Å². The summed E-state index contributed by atoms with van der Waals surface area (Å²) < 4.78 is 11.0. The van der Waals surface area contributed by atoms with Gasteiger partial charge in [-0.05, 0) is 19.2 Å². The van der Waals surface area contributed by atoms with Crippen molar-refractivity contribution < 1.29 is 9.47 Å². The fourth-order valence-corrected chi connectivity index (χ4v) is 1.23. The molecule has 0 amide bonds. The number of fused-ring (bicyclic) bond motifs is 1. The van der Waals surface area contributed by atoms with Crippen LogP contribution in [0.4, 0.5) is 5.69 Å². The van der Waals surface area contributed by atoms with E-state index in [2.05, 4.69) is 5.32 Å². The van der Waals surface area contributed by atoms with Gasteiger partial charge in [0.15, 0.2) is 11.5 Å². The lowest BCUT2D eigenvalue weighted by Gasteiger charge is -2.21. The third-order valence-electron chi connectivity index (χ3n) is 2.03. The number of ether oxygens (including phenoxy) is 2. The smallest absolute Gasteiger partial charge is 0.310 e. The molecule has 0 aromatic heterocycles. The summed E-state index contributed by atoms with van der Waals surface area (Å²) in [6.45, 7) is 1.81. The zero-order chi connectivity index (χ0) is 9.47. The van der Waals surface area contributed by atoms with Gasteiger partial charge in [-0.1, -0.05) is 0 Å². The third kappa shape index (κ3) is 1.29. The normalized spacial score (nSPS) is 24.8. The first-order valence-electron chi connectivity index (χ1n) is 4.09. The predicted octanol–water partition coefficient (Wildman–Crippen LogP) is 0.933. The molecule has 1 aliphatic heterocycles. The summed E-state index contributed by atoms with van der Waals surface area (Å²) in [5.41, 5.74) is 6.27. The molecular formula is C9H12N2O2. The van der Waals surface area contributed by atoms with Crippen molar-refractivity contribution in [1.29, 1.82) is 0 Å². The molecule has 1 aromatic rings. The van der Waals surface area contributed by atoms with Crippen LogP contribution in [0.3, 0.4) is 0 Å². The monoisotopic (exact) mass is 180 g/mol. The summed E-state index contributed by atoms with van der Waals surface area (Å²) in [4.78, 5) is 0. The van der Waals surface area contributed by atoms with Crippen molar-refractivity contribution in [3.05, 3.63) is 18.2 Å². The highest BCUT2D eigenvalue weighted by Gasteiger charge is 2.34. The summed E-state index contributed by atoms with van der Waals surface area (Å²) in [6, 6.07) is 5.33. The molecule has 1 unspecified atom stereocenters. The highest BCUT2D eigenvalue weighted by Crippen LogP contribution is 2.39. The SMILES string of the molecule is CNC1(C)Oc2ccc(N)cc2O1. The van der Waals surface area contributed by atoms with E-state index < -0.39 is 5.91 Å². The van der Waals surface area contributed by atoms with Crippen LogP contribution in [0.25, 0.3) is 0 Å². The number of hydrogen-bond donors (Lipinski definition) is 2. The van der Waals surface area contributed by atoms with Crippen LogP contribution < -0.4 is 20.5 Å². The second kappa shape index (κ2) is 2.53. The van der Waals surface area contributed by atoms with E-state index in [0.29, 0.717) is 17.2 Å². The van der Waals surface area contributed by atoms with Gasteiger partial charge in [-0.15, -0.1) is 0 Å². The summed E-state index contributed by atoms with van der Waals surface area (Å²) >= 11 is 0. The third-order valence-corrected chi connectivity index (χ3v) is 2.03. The Morgan fingerprint density at radius 2 is 2.00 bits per heavy atom. The lowest BCUT2D eigenvalue weighted by Crippen LogP contribution is -2.47. The van der Waals surface area contributed by atoms with E-state index in [4.69, 9.17) is 15.2 Å². The fraction of sp³-hybridized carbons (Fsp3) is 0.333. The molecule has 1 atom stereocenters. The predicted molar refractivity (Wildman–Crippen MR) is 49.6 cm³/mol. The second-order valence-corrected chi connectivity index (χ2v) is 3.11. The summed E-state index contributed by atoms with van der Waals surface area (Å²) in [7, 11) is 1.77. The van der Waals surface area contributed by atoms with Crippen LogP contribution in [0.15, 0.2) is 18.2 Å². The Balaban J connectivity index is 2.35. The van der Waals surface area contributed by atoms with Crippen LogP contribution in [0, 0.1) is 0 Å². The molecular weight excluding hydrogens is 168 g/mol. The van der Waals surface area contributed by atoms with Crippen molar-refractivity contribution in [3.8, 4) is 11.5 Å². The van der Waals surface area contributed by atoms with Gasteiger partial charge in [0.2, 0.25) is 0 Å². The quantitative estimate of drug-likeness (QED) is 0.631. The van der Waals surface area contributed by atoms with E-state index in [0.717, 1.165) is 0 Å². The standard InChI is InChI=1S/C9H12N2O2/c1-9(11-2)12-7-4-3-6(10)5-8(7)13-9/h3-5,11H,10H2,1-2H3. The minimum atomic E-state index is -0.768. The Hall–Kier alpha value is -1.42. The van der Waals surface area contributed by atoms with Crippen LogP contribution in [0.2, 0.25) is 0 Å². The number of anilines is 1. The summed E-state index contributed by atoms with van der Waals surface area (Å²) in [5.74, 6) is 0.624. The average molecular weight is 180 g/mol. The Morgan fingerprint density at radius 1 is 1.31 bits per heavy atom. The molecule has 0 fully saturated rings. The van der Waals surface area contributed by atoms with Crippen LogP contribution in [0.1, 0.15) is 6.92 Å². The van der Waals surface area contributed by atoms with Gasteiger partial charge in [0.05, 0.1) is 0 Å². The number of nitrogen functional groups attached to an aromatic ring is 1. The van der Waals surface area contributed by atoms with Gasteiger partial charge < -0.3 is 15.2 Å². The molecule has 4 nitrogen and oxygen atoms in total. The van der Waals surface area contributed by atoms with Gasteiger partial charge in [0, 0.05) is 18.7 Å².